The lowest BCUT2D eigenvalue weighted by Gasteiger charge is -2.27. The Morgan fingerprint density at radius 1 is 0.690 bits per heavy atom. The number of carbonyl (C=O) groups excluding carboxylic acids is 4. The van der Waals surface area contributed by atoms with Crippen LogP contribution in [0.5, 0.6) is 0 Å². The fraction of sp³-hybridized carbons (Fsp3) is 0.273. The van der Waals surface area contributed by atoms with E-state index in [4.69, 9.17) is 9.72 Å². The zero-order chi connectivity index (χ0) is 41.0. The van der Waals surface area contributed by atoms with Gasteiger partial charge in [0.05, 0.1) is 50.2 Å². The number of rotatable bonds is 16. The van der Waals surface area contributed by atoms with Gasteiger partial charge in [-0.2, -0.15) is 0 Å². The number of hydrogen-bond acceptors (Lipinski definition) is 8. The van der Waals surface area contributed by atoms with Crippen molar-refractivity contribution in [3.63, 3.8) is 0 Å². The second kappa shape index (κ2) is 19.3. The Bertz CT molecular complexity index is 2320. The molecular weight excluding hydrogens is 737 g/mol. The molecule has 2 heterocycles. The van der Waals surface area contributed by atoms with Crippen LogP contribution in [0.4, 0.5) is 9.59 Å². The van der Waals surface area contributed by atoms with Crippen LogP contribution in [0.15, 0.2) is 103 Å². The molecule has 0 radical (unpaired) electrons. The number of aromatic amines is 2. The summed E-state index contributed by atoms with van der Waals surface area (Å²) in [6, 6.07) is 30.8. The third-order valence-corrected chi connectivity index (χ3v) is 9.64. The van der Waals surface area contributed by atoms with Gasteiger partial charge in [-0.25, -0.2) is 19.6 Å². The van der Waals surface area contributed by atoms with E-state index in [1.165, 1.54) is 14.2 Å². The molecule has 1 atom stereocenters. The van der Waals surface area contributed by atoms with Crippen molar-refractivity contribution in [1.82, 2.24) is 40.4 Å². The molecule has 6 rings (SSSR count). The van der Waals surface area contributed by atoms with Gasteiger partial charge in [-0.1, -0.05) is 98.8 Å². The zero-order valence-electron chi connectivity index (χ0n) is 33.1. The monoisotopic (exact) mass is 784 g/mol. The van der Waals surface area contributed by atoms with Gasteiger partial charge >= 0.3 is 12.2 Å². The highest BCUT2D eigenvalue weighted by molar-refractivity contribution is 5.87. The maximum atomic E-state index is 13.9. The Hall–Kier alpha value is -6.96. The first-order valence-electron chi connectivity index (χ1n) is 19.2. The summed E-state index contributed by atoms with van der Waals surface area (Å²) < 4.78 is 9.38. The highest BCUT2D eigenvalue weighted by atomic mass is 16.5. The minimum Gasteiger partial charge on any atom is -0.453 e. The molecule has 58 heavy (non-hydrogen) atoms. The summed E-state index contributed by atoms with van der Waals surface area (Å²) in [5, 5.41) is 5.13. The summed E-state index contributed by atoms with van der Waals surface area (Å²) in [6.07, 6.45) is 1.91. The number of hydrogen-bond donors (Lipinski definition) is 4. The molecule has 2 aromatic heterocycles. The summed E-state index contributed by atoms with van der Waals surface area (Å²) >= 11 is 0. The number of fused-ring (bicyclic) bond motifs is 1. The predicted octanol–water partition coefficient (Wildman–Crippen LogP) is 7.22. The van der Waals surface area contributed by atoms with Crippen molar-refractivity contribution in [2.75, 3.05) is 33.9 Å². The number of methoxy groups -OCH3 is 2. The largest absolute Gasteiger partial charge is 0.453 e. The molecule has 0 aliphatic heterocycles. The van der Waals surface area contributed by atoms with Crippen molar-refractivity contribution in [2.45, 2.75) is 45.8 Å². The molecule has 0 bridgehead atoms. The van der Waals surface area contributed by atoms with Crippen molar-refractivity contribution in [3.05, 3.63) is 120 Å². The third kappa shape index (κ3) is 10.1. The number of ether oxygens (including phenoxy) is 2. The van der Waals surface area contributed by atoms with E-state index in [2.05, 4.69) is 72.8 Å². The van der Waals surface area contributed by atoms with E-state index in [1.54, 1.807) is 28.1 Å². The first-order valence-corrected chi connectivity index (χ1v) is 19.2. The quantitative estimate of drug-likeness (QED) is 0.0796. The van der Waals surface area contributed by atoms with Gasteiger partial charge in [0.15, 0.2) is 0 Å². The van der Waals surface area contributed by atoms with E-state index in [9.17, 15) is 19.2 Å². The molecule has 0 saturated heterocycles. The topological polar surface area (TPSA) is 175 Å². The second-order valence-electron chi connectivity index (χ2n) is 13.7. The maximum Gasteiger partial charge on any atom is 0.407 e. The molecule has 0 aliphatic carbocycles. The summed E-state index contributed by atoms with van der Waals surface area (Å²) in [5.41, 5.74) is 8.29. The van der Waals surface area contributed by atoms with Gasteiger partial charge in [-0.3, -0.25) is 9.59 Å². The first-order chi connectivity index (χ1) is 28.2. The molecule has 6 aromatic rings. The van der Waals surface area contributed by atoms with Gasteiger partial charge in [0.2, 0.25) is 11.8 Å². The lowest BCUT2D eigenvalue weighted by Crippen LogP contribution is -2.43. The highest BCUT2D eigenvalue weighted by Crippen LogP contribution is 2.29. The van der Waals surface area contributed by atoms with E-state index in [0.29, 0.717) is 36.8 Å². The van der Waals surface area contributed by atoms with Crippen molar-refractivity contribution < 1.29 is 28.7 Å². The normalized spacial score (nSPS) is 11.4. The van der Waals surface area contributed by atoms with Crippen LogP contribution in [-0.4, -0.2) is 87.6 Å². The summed E-state index contributed by atoms with van der Waals surface area (Å²) in [6.45, 7) is 5.38. The SMILES string of the molecule is CCCN(Cc1ncc(-c2ccc(-c3ccc(-c4ccc5nc(CN(CCC)C(=O)[C@H](NC(=O)OC)c6ccccc6)[nH]c5c4)cc3)cc2)[nH]1)C(=O)CNC(=O)OC. The molecule has 0 fully saturated rings. The van der Waals surface area contributed by atoms with E-state index in [1.807, 2.05) is 56.3 Å². The Balaban J connectivity index is 1.11. The number of benzene rings is 4. The third-order valence-electron chi connectivity index (χ3n) is 9.64. The number of aromatic nitrogens is 4. The number of imidazole rings is 2. The van der Waals surface area contributed by atoms with Gasteiger partial charge in [0, 0.05) is 13.1 Å². The number of alkyl carbamates (subject to hydrolysis) is 2. The Morgan fingerprint density at radius 3 is 1.91 bits per heavy atom. The molecule has 0 aliphatic rings. The van der Waals surface area contributed by atoms with Gasteiger partial charge < -0.3 is 39.9 Å². The lowest BCUT2D eigenvalue weighted by atomic mass is 9.99. The molecule has 300 valence electrons. The Kier molecular flexibility index (Phi) is 13.5. The maximum absolute atomic E-state index is 13.9. The standard InChI is InChI=1S/C44H48N8O6/c1-5-22-51(40(53)26-46-43(55)57-3)27-38-45-25-37(49-38)32-18-16-30(17-19-32)29-12-14-31(15-13-29)34-20-21-35-36(24-34)48-39(47-35)28-52(23-6-2)42(54)41(50-44(56)58-4)33-10-8-7-9-11-33/h7-21,24-25,41H,5-6,22-23,26-28H2,1-4H3,(H,45,49)(H,46,55)(H,47,48)(H,50,56)/t41-/m1/s1. The molecule has 0 spiro atoms. The zero-order valence-corrected chi connectivity index (χ0v) is 33.1. The van der Waals surface area contributed by atoms with E-state index in [0.717, 1.165) is 57.4 Å². The van der Waals surface area contributed by atoms with Crippen LogP contribution in [0.3, 0.4) is 0 Å². The number of carbonyl (C=O) groups is 4. The van der Waals surface area contributed by atoms with Crippen molar-refractivity contribution in [3.8, 4) is 33.5 Å². The van der Waals surface area contributed by atoms with Crippen LogP contribution in [0, 0.1) is 0 Å². The molecule has 0 saturated carbocycles. The van der Waals surface area contributed by atoms with Crippen LogP contribution in [0.2, 0.25) is 0 Å². The Morgan fingerprint density at radius 2 is 1.28 bits per heavy atom. The van der Waals surface area contributed by atoms with Crippen LogP contribution < -0.4 is 10.6 Å². The van der Waals surface area contributed by atoms with E-state index in [-0.39, 0.29) is 24.9 Å². The van der Waals surface area contributed by atoms with Gasteiger partial charge in [-0.05, 0) is 58.4 Å². The van der Waals surface area contributed by atoms with Crippen LogP contribution in [0.1, 0.15) is 49.9 Å². The minimum absolute atomic E-state index is 0.150. The number of H-pyrrole nitrogens is 2. The average molecular weight is 785 g/mol. The van der Waals surface area contributed by atoms with Crippen molar-refractivity contribution in [2.24, 2.45) is 0 Å². The lowest BCUT2D eigenvalue weighted by molar-refractivity contribution is -0.134. The fourth-order valence-corrected chi connectivity index (χ4v) is 6.69. The summed E-state index contributed by atoms with van der Waals surface area (Å²) in [7, 11) is 2.53. The number of amides is 4. The van der Waals surface area contributed by atoms with Crippen LogP contribution in [0.25, 0.3) is 44.5 Å². The fourth-order valence-electron chi connectivity index (χ4n) is 6.69. The molecular formula is C44H48N8O6. The average Bonchev–Trinajstić information content (AvgIpc) is 3.90. The molecule has 14 nitrogen and oxygen atoms in total. The molecule has 14 heteroatoms. The molecule has 0 unspecified atom stereocenters. The van der Waals surface area contributed by atoms with Gasteiger partial charge in [0.25, 0.3) is 0 Å². The van der Waals surface area contributed by atoms with E-state index >= 15 is 0 Å². The van der Waals surface area contributed by atoms with E-state index < -0.39 is 18.2 Å². The van der Waals surface area contributed by atoms with Crippen LogP contribution >= 0.6 is 0 Å². The van der Waals surface area contributed by atoms with Crippen molar-refractivity contribution in [1.29, 1.82) is 0 Å². The minimum atomic E-state index is -0.904. The van der Waals surface area contributed by atoms with Gasteiger partial charge in [-0.15, -0.1) is 0 Å². The van der Waals surface area contributed by atoms with Crippen molar-refractivity contribution >= 4 is 35.0 Å². The molecule has 4 aromatic carbocycles. The first kappa shape index (κ1) is 40.7. The second-order valence-corrected chi connectivity index (χ2v) is 13.7. The summed E-state index contributed by atoms with van der Waals surface area (Å²) in [5.74, 6) is 0.816. The number of nitrogens with one attached hydrogen (secondary N) is 4. The predicted molar refractivity (Wildman–Crippen MR) is 221 cm³/mol. The number of nitrogens with zero attached hydrogens (tertiary/aromatic N) is 4. The molecule has 4 N–H and O–H groups in total. The smallest absolute Gasteiger partial charge is 0.407 e. The highest BCUT2D eigenvalue weighted by Gasteiger charge is 2.28. The molecule has 4 amide bonds. The van der Waals surface area contributed by atoms with Gasteiger partial charge in [0.1, 0.15) is 24.2 Å². The van der Waals surface area contributed by atoms with Crippen LogP contribution in [-0.2, 0) is 32.2 Å². The summed E-state index contributed by atoms with van der Waals surface area (Å²) in [4.78, 5) is 69.5. The Labute approximate surface area is 337 Å².